The molecule has 268 valence electrons. The minimum absolute atomic E-state index is 0.138. The number of esters is 5. The minimum atomic E-state index is -1.79. The van der Waals surface area contributed by atoms with Crippen LogP contribution in [0, 0.1) is 17.3 Å². The lowest BCUT2D eigenvalue weighted by molar-refractivity contribution is -0.311. The fourth-order valence-corrected chi connectivity index (χ4v) is 8.55. The summed E-state index contributed by atoms with van der Waals surface area (Å²) in [7, 11) is 0. The lowest BCUT2D eigenvalue weighted by Gasteiger charge is -2.63. The summed E-state index contributed by atoms with van der Waals surface area (Å²) in [6.07, 6.45) is -1.56. The van der Waals surface area contributed by atoms with Crippen molar-refractivity contribution in [2.75, 3.05) is 6.61 Å². The van der Waals surface area contributed by atoms with Crippen molar-refractivity contribution >= 4 is 29.8 Å². The van der Waals surface area contributed by atoms with E-state index in [2.05, 4.69) is 4.98 Å². The van der Waals surface area contributed by atoms with Crippen molar-refractivity contribution < 1.29 is 52.4 Å². The van der Waals surface area contributed by atoms with Crippen molar-refractivity contribution in [3.05, 3.63) is 102 Å². The van der Waals surface area contributed by atoms with Gasteiger partial charge < -0.3 is 28.4 Å². The van der Waals surface area contributed by atoms with Crippen LogP contribution in [0.25, 0.3) is 0 Å². The van der Waals surface area contributed by atoms with E-state index in [1.54, 1.807) is 80.6 Å². The lowest BCUT2D eigenvalue weighted by atomic mass is 9.47. The van der Waals surface area contributed by atoms with Crippen LogP contribution in [0.2, 0.25) is 0 Å². The number of rotatable bonds is 9. The Morgan fingerprint density at radius 1 is 0.725 bits per heavy atom. The second-order valence-corrected chi connectivity index (χ2v) is 13.9. The summed E-state index contributed by atoms with van der Waals surface area (Å²) in [5, 5.41) is 0. The summed E-state index contributed by atoms with van der Waals surface area (Å²) in [6.45, 7) is 7.42. The number of aromatic nitrogens is 1. The van der Waals surface area contributed by atoms with Crippen LogP contribution in [0.5, 0.6) is 0 Å². The highest BCUT2D eigenvalue weighted by atomic mass is 16.6. The smallest absolute Gasteiger partial charge is 0.339 e. The number of hydrogen-bond acceptors (Lipinski definition) is 12. The second-order valence-electron chi connectivity index (χ2n) is 13.9. The summed E-state index contributed by atoms with van der Waals surface area (Å²) in [4.78, 5) is 71.7. The van der Waals surface area contributed by atoms with Gasteiger partial charge in [-0.25, -0.2) is 14.4 Å². The van der Waals surface area contributed by atoms with Gasteiger partial charge in [0.15, 0.2) is 6.10 Å². The molecule has 3 fully saturated rings. The van der Waals surface area contributed by atoms with Gasteiger partial charge in [-0.3, -0.25) is 14.6 Å². The predicted molar refractivity (Wildman–Crippen MR) is 179 cm³/mol. The third kappa shape index (κ3) is 6.26. The molecule has 2 aromatic carbocycles. The molecular formula is C39H41NO11. The van der Waals surface area contributed by atoms with Crippen LogP contribution in [0.4, 0.5) is 0 Å². The molecule has 6 rings (SSSR count). The number of carbonyl (C=O) groups is 5. The van der Waals surface area contributed by atoms with Gasteiger partial charge in [0.1, 0.15) is 35.9 Å². The molecule has 1 aliphatic heterocycles. The number of ether oxygens (including phenoxy) is 6. The molecule has 2 saturated carbocycles. The molecule has 0 amide bonds. The molecule has 0 radical (unpaired) electrons. The topological polar surface area (TPSA) is 154 Å². The molecule has 0 N–H and O–H groups in total. The van der Waals surface area contributed by atoms with Crippen LogP contribution in [-0.4, -0.2) is 77.1 Å². The molecule has 1 aromatic heterocycles. The number of nitrogens with zero attached hydrogens (tertiary/aromatic N) is 1. The monoisotopic (exact) mass is 699 g/mol. The Morgan fingerprint density at radius 2 is 1.31 bits per heavy atom. The Balaban J connectivity index is 1.61. The average molecular weight is 700 g/mol. The summed E-state index contributed by atoms with van der Waals surface area (Å²) in [6, 6.07) is 19.6. The zero-order valence-corrected chi connectivity index (χ0v) is 29.1. The zero-order chi connectivity index (χ0) is 36.6. The number of fused-ring (bicyclic) bond motifs is 1. The summed E-state index contributed by atoms with van der Waals surface area (Å²) in [5.74, 6) is -4.91. The molecule has 2 aliphatic carbocycles. The van der Waals surface area contributed by atoms with Gasteiger partial charge in [0, 0.05) is 26.2 Å². The normalized spacial score (nSPS) is 30.2. The van der Waals surface area contributed by atoms with E-state index < -0.39 is 89.3 Å². The molecule has 0 unspecified atom stereocenters. The van der Waals surface area contributed by atoms with Gasteiger partial charge in [-0.1, -0.05) is 43.3 Å². The number of pyridine rings is 1. The Bertz CT molecular complexity index is 1780. The van der Waals surface area contributed by atoms with Crippen LogP contribution < -0.4 is 0 Å². The Hall–Kier alpha value is -5.10. The zero-order valence-electron chi connectivity index (χ0n) is 29.1. The standard InChI is InChI=1S/C39H41NO11/c1-23-18-19-29(47-24(2)41)38(22-46-34(43)28-17-12-20-40-21-28)33(50-36(45)27-15-10-7-11-16-27)31(49-35(44)26-13-8-6-9-14-26)30-32(48-25(3)42)39(23,38)51-37(30,4)5/h6-17,20-21,23,29-33H,18-19,22H2,1-5H3/t23-,29+,30-,31-,32-,33-,38+,39-/m1/s1. The first-order chi connectivity index (χ1) is 24.3. The summed E-state index contributed by atoms with van der Waals surface area (Å²) >= 11 is 0. The summed E-state index contributed by atoms with van der Waals surface area (Å²) in [5.41, 5.74) is -4.01. The van der Waals surface area contributed by atoms with Crippen LogP contribution in [-0.2, 0) is 38.0 Å². The largest absolute Gasteiger partial charge is 0.462 e. The molecule has 8 atom stereocenters. The van der Waals surface area contributed by atoms with Crippen molar-refractivity contribution in [2.45, 2.75) is 83.1 Å². The molecular weight excluding hydrogens is 658 g/mol. The van der Waals surface area contributed by atoms with Crippen molar-refractivity contribution in [3.63, 3.8) is 0 Å². The maximum atomic E-state index is 14.1. The first kappa shape index (κ1) is 35.7. The fourth-order valence-electron chi connectivity index (χ4n) is 8.55. The lowest BCUT2D eigenvalue weighted by Crippen LogP contribution is -2.79. The Morgan fingerprint density at radius 3 is 1.88 bits per heavy atom. The van der Waals surface area contributed by atoms with Gasteiger partial charge in [0.2, 0.25) is 0 Å². The Labute approximate surface area is 295 Å². The van der Waals surface area contributed by atoms with Gasteiger partial charge in [-0.15, -0.1) is 0 Å². The first-order valence-electron chi connectivity index (χ1n) is 17.0. The molecule has 12 nitrogen and oxygen atoms in total. The Kier molecular flexibility index (Phi) is 9.73. The number of benzene rings is 2. The van der Waals surface area contributed by atoms with Gasteiger partial charge in [-0.05, 0) is 69.0 Å². The van der Waals surface area contributed by atoms with E-state index >= 15 is 0 Å². The van der Waals surface area contributed by atoms with Crippen LogP contribution in [0.3, 0.4) is 0 Å². The van der Waals surface area contributed by atoms with Crippen molar-refractivity contribution in [2.24, 2.45) is 17.3 Å². The highest BCUT2D eigenvalue weighted by Gasteiger charge is 2.84. The van der Waals surface area contributed by atoms with E-state index in [4.69, 9.17) is 28.4 Å². The molecule has 1 spiro atoms. The minimum Gasteiger partial charge on any atom is -0.462 e. The van der Waals surface area contributed by atoms with Gasteiger partial charge in [-0.2, -0.15) is 0 Å². The molecule has 3 aromatic rings. The molecule has 2 heterocycles. The maximum Gasteiger partial charge on any atom is 0.339 e. The fraction of sp³-hybridized carbons (Fsp3) is 0.436. The van der Waals surface area contributed by atoms with E-state index in [-0.39, 0.29) is 23.1 Å². The highest BCUT2D eigenvalue weighted by Crippen LogP contribution is 2.68. The van der Waals surface area contributed by atoms with E-state index in [1.807, 2.05) is 6.92 Å². The molecule has 3 aliphatic rings. The van der Waals surface area contributed by atoms with Crippen molar-refractivity contribution in [3.8, 4) is 0 Å². The van der Waals surface area contributed by atoms with E-state index in [0.717, 1.165) is 0 Å². The molecule has 51 heavy (non-hydrogen) atoms. The molecule has 2 bridgehead atoms. The summed E-state index contributed by atoms with van der Waals surface area (Å²) < 4.78 is 38.3. The van der Waals surface area contributed by atoms with E-state index in [1.165, 1.54) is 32.3 Å². The second kappa shape index (κ2) is 13.9. The van der Waals surface area contributed by atoms with Gasteiger partial charge in [0.05, 0.1) is 28.2 Å². The third-order valence-electron chi connectivity index (χ3n) is 10.5. The molecule has 1 saturated heterocycles. The number of hydrogen-bond donors (Lipinski definition) is 0. The quantitative estimate of drug-likeness (QED) is 0.215. The van der Waals surface area contributed by atoms with Gasteiger partial charge in [0.25, 0.3) is 0 Å². The average Bonchev–Trinajstić information content (AvgIpc) is 3.30. The highest BCUT2D eigenvalue weighted by molar-refractivity contribution is 5.91. The van der Waals surface area contributed by atoms with Crippen molar-refractivity contribution in [1.82, 2.24) is 4.98 Å². The first-order valence-corrected chi connectivity index (χ1v) is 17.0. The predicted octanol–water partition coefficient (Wildman–Crippen LogP) is 5.15. The third-order valence-corrected chi connectivity index (χ3v) is 10.5. The van der Waals surface area contributed by atoms with Crippen LogP contribution >= 0.6 is 0 Å². The van der Waals surface area contributed by atoms with Crippen molar-refractivity contribution in [1.29, 1.82) is 0 Å². The number of carbonyl (C=O) groups excluding carboxylic acids is 5. The van der Waals surface area contributed by atoms with Gasteiger partial charge >= 0.3 is 29.8 Å². The SMILES string of the molecule is CC(=O)O[C@H]1CC[C@@H](C)[C@]23OC(C)(C)[C@H]([C@@H](OC(=O)c4ccccc4)[C@@H](OC(=O)c4ccccc4)[C@]12COC(=O)c1cccnc1)[C@H]3OC(C)=O. The van der Waals surface area contributed by atoms with E-state index in [0.29, 0.717) is 6.42 Å². The van der Waals surface area contributed by atoms with E-state index in [9.17, 15) is 24.0 Å². The van der Waals surface area contributed by atoms with Crippen LogP contribution in [0.15, 0.2) is 85.2 Å². The maximum absolute atomic E-state index is 14.1. The molecule has 12 heteroatoms. The van der Waals surface area contributed by atoms with Crippen LogP contribution in [0.1, 0.15) is 78.5 Å².